The maximum Gasteiger partial charge on any atom is 0.144 e. The van der Waals surface area contributed by atoms with Gasteiger partial charge in [0.15, 0.2) is 0 Å². The Hall–Kier alpha value is -2.73. The van der Waals surface area contributed by atoms with Crippen LogP contribution in [0, 0.1) is 11.6 Å². The van der Waals surface area contributed by atoms with Gasteiger partial charge in [-0.2, -0.15) is 0 Å². The third-order valence-corrected chi connectivity index (χ3v) is 4.40. The molecule has 0 spiro atoms. The minimum absolute atomic E-state index is 0.140. The van der Waals surface area contributed by atoms with E-state index in [4.69, 9.17) is 11.6 Å². The molecule has 3 aromatic heterocycles. The van der Waals surface area contributed by atoms with Crippen LogP contribution in [0.15, 0.2) is 49.2 Å². The van der Waals surface area contributed by atoms with Crippen molar-refractivity contribution in [3.05, 3.63) is 65.8 Å². The third-order valence-electron chi connectivity index (χ3n) is 4.11. The SMILES string of the molecule is CCn1cnc(-c2cc(Cl)c(F)cc2F)c1-c1ccc2nccn2c1. The first-order valence-electron chi connectivity index (χ1n) is 7.71. The molecule has 0 aliphatic rings. The van der Waals surface area contributed by atoms with Crippen LogP contribution in [0.5, 0.6) is 0 Å². The van der Waals surface area contributed by atoms with Gasteiger partial charge in [-0.25, -0.2) is 18.7 Å². The van der Waals surface area contributed by atoms with E-state index < -0.39 is 11.6 Å². The van der Waals surface area contributed by atoms with Crippen molar-refractivity contribution in [1.29, 1.82) is 0 Å². The van der Waals surface area contributed by atoms with Crippen molar-refractivity contribution in [3.63, 3.8) is 0 Å². The standard InChI is InChI=1S/C18H13ClF2N4/c1-2-24-10-23-17(12-7-13(19)15(21)8-14(12)20)18(24)11-3-4-16-22-5-6-25(16)9-11/h3-10H,2H2,1H3. The minimum Gasteiger partial charge on any atom is -0.330 e. The molecule has 4 aromatic rings. The Balaban J connectivity index is 1.96. The molecule has 0 saturated heterocycles. The molecular formula is C18H13ClF2N4. The van der Waals surface area contributed by atoms with Gasteiger partial charge in [0.05, 0.1) is 22.7 Å². The largest absolute Gasteiger partial charge is 0.330 e. The zero-order chi connectivity index (χ0) is 17.6. The fourth-order valence-corrected chi connectivity index (χ4v) is 3.05. The van der Waals surface area contributed by atoms with E-state index in [0.717, 1.165) is 23.0 Å². The summed E-state index contributed by atoms with van der Waals surface area (Å²) in [6.45, 7) is 2.62. The van der Waals surface area contributed by atoms with Crippen molar-refractivity contribution in [2.24, 2.45) is 0 Å². The lowest BCUT2D eigenvalue weighted by atomic mass is 10.1. The summed E-state index contributed by atoms with van der Waals surface area (Å²) >= 11 is 5.85. The van der Waals surface area contributed by atoms with Crippen molar-refractivity contribution >= 4 is 17.2 Å². The van der Waals surface area contributed by atoms with Gasteiger partial charge in [0.25, 0.3) is 0 Å². The lowest BCUT2D eigenvalue weighted by Gasteiger charge is -2.10. The van der Waals surface area contributed by atoms with Crippen LogP contribution in [0.4, 0.5) is 8.78 Å². The molecule has 7 heteroatoms. The molecule has 0 unspecified atom stereocenters. The second-order valence-electron chi connectivity index (χ2n) is 5.58. The number of aryl methyl sites for hydroxylation is 1. The molecule has 0 N–H and O–H groups in total. The van der Waals surface area contributed by atoms with E-state index in [1.165, 1.54) is 6.07 Å². The molecule has 0 bridgehead atoms. The highest BCUT2D eigenvalue weighted by Crippen LogP contribution is 2.35. The number of rotatable bonds is 3. The summed E-state index contributed by atoms with van der Waals surface area (Å²) in [5, 5.41) is -0.140. The van der Waals surface area contributed by atoms with Crippen LogP contribution in [-0.4, -0.2) is 18.9 Å². The monoisotopic (exact) mass is 358 g/mol. The Bertz CT molecular complexity index is 1080. The molecule has 0 atom stereocenters. The third kappa shape index (κ3) is 2.59. The topological polar surface area (TPSA) is 35.1 Å². The number of halogens is 3. The smallest absolute Gasteiger partial charge is 0.144 e. The molecule has 0 aliphatic carbocycles. The number of aromatic nitrogens is 4. The molecule has 0 radical (unpaired) electrons. The maximum atomic E-state index is 14.4. The van der Waals surface area contributed by atoms with Crippen LogP contribution in [-0.2, 0) is 6.54 Å². The second-order valence-corrected chi connectivity index (χ2v) is 5.99. The summed E-state index contributed by atoms with van der Waals surface area (Å²) in [4.78, 5) is 8.57. The average Bonchev–Trinajstić information content (AvgIpc) is 3.23. The molecule has 25 heavy (non-hydrogen) atoms. The fourth-order valence-electron chi connectivity index (χ4n) is 2.89. The molecule has 0 aliphatic heterocycles. The predicted octanol–water partition coefficient (Wildman–Crippen LogP) is 4.82. The van der Waals surface area contributed by atoms with E-state index in [2.05, 4.69) is 9.97 Å². The predicted molar refractivity (Wildman–Crippen MR) is 92.4 cm³/mol. The molecule has 4 nitrogen and oxygen atoms in total. The van der Waals surface area contributed by atoms with E-state index in [0.29, 0.717) is 12.2 Å². The molecule has 0 fully saturated rings. The molecule has 1 aromatic carbocycles. The highest BCUT2D eigenvalue weighted by molar-refractivity contribution is 6.31. The molecule has 3 heterocycles. The van der Waals surface area contributed by atoms with Crippen LogP contribution in [0.2, 0.25) is 5.02 Å². The van der Waals surface area contributed by atoms with Crippen molar-refractivity contribution < 1.29 is 8.78 Å². The quantitative estimate of drug-likeness (QED) is 0.492. The number of fused-ring (bicyclic) bond motifs is 1. The van der Waals surface area contributed by atoms with Crippen LogP contribution < -0.4 is 0 Å². The highest BCUT2D eigenvalue weighted by atomic mass is 35.5. The molecule has 126 valence electrons. The van der Waals surface area contributed by atoms with Crippen molar-refractivity contribution in [3.8, 4) is 22.5 Å². The van der Waals surface area contributed by atoms with E-state index in [-0.39, 0.29) is 10.6 Å². The normalized spacial score (nSPS) is 11.4. The Kier molecular flexibility index (Phi) is 3.77. The van der Waals surface area contributed by atoms with Crippen LogP contribution in [0.3, 0.4) is 0 Å². The number of nitrogens with zero attached hydrogens (tertiary/aromatic N) is 4. The lowest BCUT2D eigenvalue weighted by molar-refractivity contribution is 0.585. The van der Waals surface area contributed by atoms with Gasteiger partial charge in [0.1, 0.15) is 17.3 Å². The Morgan fingerprint density at radius 3 is 2.76 bits per heavy atom. The van der Waals surface area contributed by atoms with Crippen LogP contribution in [0.1, 0.15) is 6.92 Å². The van der Waals surface area contributed by atoms with Crippen molar-refractivity contribution in [2.45, 2.75) is 13.5 Å². The van der Waals surface area contributed by atoms with Gasteiger partial charge in [-0.1, -0.05) is 11.6 Å². The average molecular weight is 359 g/mol. The summed E-state index contributed by atoms with van der Waals surface area (Å²) < 4.78 is 31.6. The summed E-state index contributed by atoms with van der Waals surface area (Å²) in [7, 11) is 0. The van der Waals surface area contributed by atoms with Gasteiger partial charge in [-0.05, 0) is 25.1 Å². The maximum absolute atomic E-state index is 14.4. The molecule has 0 saturated carbocycles. The van der Waals surface area contributed by atoms with E-state index >= 15 is 0 Å². The summed E-state index contributed by atoms with van der Waals surface area (Å²) in [6, 6.07) is 5.83. The number of hydrogen-bond donors (Lipinski definition) is 0. The lowest BCUT2D eigenvalue weighted by Crippen LogP contribution is -1.98. The summed E-state index contributed by atoms with van der Waals surface area (Å²) in [6.07, 6.45) is 7.08. The van der Waals surface area contributed by atoms with E-state index in [1.807, 2.05) is 40.4 Å². The van der Waals surface area contributed by atoms with Gasteiger partial charge < -0.3 is 8.97 Å². The van der Waals surface area contributed by atoms with Gasteiger partial charge in [-0.3, -0.25) is 0 Å². The fraction of sp³-hybridized carbons (Fsp3) is 0.111. The van der Waals surface area contributed by atoms with Crippen molar-refractivity contribution in [2.75, 3.05) is 0 Å². The molecular weight excluding hydrogens is 346 g/mol. The Labute approximate surface area is 147 Å². The number of benzene rings is 1. The Morgan fingerprint density at radius 2 is 1.96 bits per heavy atom. The number of imidazole rings is 2. The summed E-state index contributed by atoms with van der Waals surface area (Å²) in [5.41, 5.74) is 2.98. The first-order valence-corrected chi connectivity index (χ1v) is 8.09. The minimum atomic E-state index is -0.792. The zero-order valence-electron chi connectivity index (χ0n) is 13.2. The zero-order valence-corrected chi connectivity index (χ0v) is 14.0. The van der Waals surface area contributed by atoms with E-state index in [9.17, 15) is 8.78 Å². The van der Waals surface area contributed by atoms with Gasteiger partial charge >= 0.3 is 0 Å². The Morgan fingerprint density at radius 1 is 1.12 bits per heavy atom. The van der Waals surface area contributed by atoms with Crippen LogP contribution >= 0.6 is 11.6 Å². The summed E-state index contributed by atoms with van der Waals surface area (Å²) in [5.74, 6) is -1.49. The number of pyridine rings is 1. The first-order chi connectivity index (χ1) is 12.1. The highest BCUT2D eigenvalue weighted by Gasteiger charge is 2.19. The molecule has 0 amide bonds. The molecule has 4 rings (SSSR count). The van der Waals surface area contributed by atoms with Crippen molar-refractivity contribution in [1.82, 2.24) is 18.9 Å². The van der Waals surface area contributed by atoms with Crippen LogP contribution in [0.25, 0.3) is 28.2 Å². The van der Waals surface area contributed by atoms with Gasteiger partial charge in [-0.15, -0.1) is 0 Å². The second kappa shape index (κ2) is 5.97. The van der Waals surface area contributed by atoms with Gasteiger partial charge in [0, 0.05) is 42.3 Å². The number of hydrogen-bond acceptors (Lipinski definition) is 2. The van der Waals surface area contributed by atoms with E-state index in [1.54, 1.807) is 12.5 Å². The first kappa shape index (κ1) is 15.8. The van der Waals surface area contributed by atoms with Gasteiger partial charge in [0.2, 0.25) is 0 Å².